The number of methoxy groups -OCH3 is 1. The van der Waals surface area contributed by atoms with E-state index in [9.17, 15) is 19.8 Å². The van der Waals surface area contributed by atoms with E-state index in [-0.39, 0.29) is 72.6 Å². The third-order valence-electron chi connectivity index (χ3n) is 12.7. The van der Waals surface area contributed by atoms with Crippen molar-refractivity contribution in [3.8, 4) is 0 Å². The highest BCUT2D eigenvalue weighted by Crippen LogP contribution is 2.37. The Morgan fingerprint density at radius 1 is 1.13 bits per heavy atom. The predicted octanol–water partition coefficient (Wildman–Crippen LogP) is 3.74. The first-order chi connectivity index (χ1) is 24.7. The van der Waals surface area contributed by atoms with Gasteiger partial charge in [-0.25, -0.2) is 4.79 Å². The maximum atomic E-state index is 13.7. The van der Waals surface area contributed by atoms with Crippen LogP contribution in [0, 0.1) is 17.8 Å². The number of hydrogen-bond acceptors (Lipinski definition) is 8. The Labute approximate surface area is 337 Å². The van der Waals surface area contributed by atoms with E-state index < -0.39 is 29.9 Å². The quantitative estimate of drug-likeness (QED) is 0.0615. The van der Waals surface area contributed by atoms with Gasteiger partial charge >= 0.3 is 12.1 Å². The summed E-state index contributed by atoms with van der Waals surface area (Å²) in [5.74, 6) is -0.309. The maximum absolute atomic E-state index is 13.7. The zero-order valence-corrected chi connectivity index (χ0v) is 36.0. The number of carbonyl (C=O) groups is 2. The Morgan fingerprint density at radius 2 is 1.79 bits per heavy atom. The lowest BCUT2D eigenvalue weighted by Crippen LogP contribution is -3.00. The summed E-state index contributed by atoms with van der Waals surface area (Å²) < 4.78 is 25.2. The predicted molar refractivity (Wildman–Crippen MR) is 204 cm³/mol. The fourth-order valence-electron chi connectivity index (χ4n) is 8.53. The Balaban J connectivity index is 0.00000756. The number of aliphatic hydroxyl groups excluding tert-OH is 2. The number of halogens is 1. The smallest absolute Gasteiger partial charge is 0.410 e. The molecule has 2 saturated heterocycles. The number of rotatable bonds is 11. The summed E-state index contributed by atoms with van der Waals surface area (Å²) in [6.07, 6.45) is 17.3. The van der Waals surface area contributed by atoms with Gasteiger partial charge in [-0.05, 0) is 82.8 Å². The zero-order chi connectivity index (χ0) is 38.1. The summed E-state index contributed by atoms with van der Waals surface area (Å²) in [6, 6.07) is 0.665. The fourth-order valence-corrected chi connectivity index (χ4v) is 8.53. The molecule has 1 amide bonds. The van der Waals surface area contributed by atoms with Crippen LogP contribution < -0.4 is 24.0 Å². The average Bonchev–Trinajstić information content (AvgIpc) is 3.93. The number of hydrogen-bond donors (Lipinski definition) is 2. The molecule has 3 heterocycles. The lowest BCUT2D eigenvalue weighted by Gasteiger charge is -2.47. The third-order valence-corrected chi connectivity index (χ3v) is 12.7. The van der Waals surface area contributed by atoms with Gasteiger partial charge in [-0.15, -0.1) is 0 Å². The molecule has 53 heavy (non-hydrogen) atoms. The molecule has 3 aliphatic heterocycles. The molecule has 3 fully saturated rings. The molecule has 10 atom stereocenters. The molecule has 0 spiro atoms. The molecule has 11 heteroatoms. The van der Waals surface area contributed by atoms with Gasteiger partial charge in [-0.1, -0.05) is 64.8 Å². The number of aliphatic hydroxyl groups is 2. The van der Waals surface area contributed by atoms with Crippen molar-refractivity contribution in [1.82, 2.24) is 4.90 Å². The van der Waals surface area contributed by atoms with Crippen molar-refractivity contribution >= 4 is 12.1 Å². The topological polar surface area (TPSA) is 118 Å². The SMILES string of the molecule is CC[C@H](O)[C@@H](C)[C@H]1O[C@@H]1C[C@H](C)/C=C/C=C(\C)[C@H]1OC(=O)C[C@H](O)CC[C@@](C)(OC)[C@@H](OC(=O)N2CC[N+](C)(C3CCCCCC3)CC2)/C=C/[C@@H]1C.[I-]. The van der Waals surface area contributed by atoms with Gasteiger partial charge in [-0.3, -0.25) is 9.69 Å². The molecule has 10 nitrogen and oxygen atoms in total. The monoisotopic (exact) mass is 858 g/mol. The van der Waals surface area contributed by atoms with Gasteiger partial charge in [0.1, 0.15) is 11.7 Å². The van der Waals surface area contributed by atoms with Gasteiger partial charge < -0.3 is 57.6 Å². The van der Waals surface area contributed by atoms with E-state index in [1.807, 2.05) is 63.8 Å². The second-order valence-corrected chi connectivity index (χ2v) is 16.9. The molecule has 304 valence electrons. The molecular weight excluding hydrogens is 787 g/mol. The van der Waals surface area contributed by atoms with Crippen LogP contribution in [-0.2, 0) is 23.7 Å². The molecule has 1 saturated carbocycles. The van der Waals surface area contributed by atoms with Gasteiger partial charge in [0, 0.05) is 18.9 Å². The van der Waals surface area contributed by atoms with Crippen molar-refractivity contribution in [2.75, 3.05) is 40.3 Å². The molecule has 0 aromatic heterocycles. The average molecular weight is 859 g/mol. The number of likely N-dealkylation sites (N-methyl/N-ethyl adjacent to an activating group) is 1. The van der Waals surface area contributed by atoms with Crippen LogP contribution in [-0.4, -0.2) is 120 Å². The highest BCUT2D eigenvalue weighted by atomic mass is 127. The molecular formula is C42H71IN2O8. The first-order valence-electron chi connectivity index (χ1n) is 20.3. The summed E-state index contributed by atoms with van der Waals surface area (Å²) in [6.45, 7) is 15.2. The van der Waals surface area contributed by atoms with E-state index in [1.165, 1.54) is 38.5 Å². The van der Waals surface area contributed by atoms with Gasteiger partial charge in [0.25, 0.3) is 0 Å². The van der Waals surface area contributed by atoms with Crippen LogP contribution in [0.1, 0.15) is 112 Å². The van der Waals surface area contributed by atoms with Crippen molar-refractivity contribution in [3.63, 3.8) is 0 Å². The molecule has 1 aliphatic carbocycles. The summed E-state index contributed by atoms with van der Waals surface area (Å²) in [5.41, 5.74) is -0.0425. The lowest BCUT2D eigenvalue weighted by atomic mass is 9.88. The van der Waals surface area contributed by atoms with E-state index in [1.54, 1.807) is 7.11 Å². The summed E-state index contributed by atoms with van der Waals surface area (Å²) in [7, 11) is 3.97. The van der Waals surface area contributed by atoms with E-state index in [4.69, 9.17) is 18.9 Å². The number of nitrogens with zero attached hydrogens (tertiary/aromatic N) is 2. The van der Waals surface area contributed by atoms with Crippen molar-refractivity contribution in [2.24, 2.45) is 17.8 Å². The third kappa shape index (κ3) is 13.0. The van der Waals surface area contributed by atoms with Crippen LogP contribution in [0.5, 0.6) is 0 Å². The number of epoxide rings is 1. The Kier molecular flexibility index (Phi) is 18.3. The Hall–Kier alpha value is -1.51. The van der Waals surface area contributed by atoms with E-state index >= 15 is 0 Å². The minimum Gasteiger partial charge on any atom is -1.00 e. The van der Waals surface area contributed by atoms with Crippen LogP contribution in [0.15, 0.2) is 36.0 Å². The second kappa shape index (κ2) is 21.1. The molecule has 0 radical (unpaired) electrons. The molecule has 4 aliphatic rings. The number of esters is 1. The van der Waals surface area contributed by atoms with Crippen molar-refractivity contribution in [1.29, 1.82) is 0 Å². The number of carbonyl (C=O) groups excluding carboxylic acids is 2. The number of quaternary nitrogens is 1. The standard InChI is InChI=1S/C42H71N2O8.HI/c1-9-35(46)32(5)40-36(50-40)27-29(2)15-14-16-30(3)39-31(4)19-20-37(42(6,49-8)22-21-34(45)28-38(47)52-39)51-41(48)43-23-25-44(7,26-24-43)33-17-12-10-11-13-18-33;/h14-16,19-20,29,31-37,39-40,45-46H,9-13,17-18,21-28H2,1-8H3;1H/q+1;/p-1/b15-14+,20-19+,30-16+;/t29-,31+,32-,34-,35+,36-,37+,39-,40-,42-;/m1./s1. The number of cyclic esters (lactones) is 1. The van der Waals surface area contributed by atoms with Gasteiger partial charge in [0.15, 0.2) is 6.10 Å². The van der Waals surface area contributed by atoms with Gasteiger partial charge in [-0.2, -0.15) is 0 Å². The Morgan fingerprint density at radius 3 is 2.42 bits per heavy atom. The molecule has 0 unspecified atom stereocenters. The summed E-state index contributed by atoms with van der Waals surface area (Å²) in [4.78, 5) is 28.6. The lowest BCUT2D eigenvalue weighted by molar-refractivity contribution is -0.937. The number of amides is 1. The number of piperazine rings is 1. The highest BCUT2D eigenvalue weighted by Gasteiger charge is 2.45. The second-order valence-electron chi connectivity index (χ2n) is 16.9. The van der Waals surface area contributed by atoms with E-state index in [0.717, 1.165) is 36.0 Å². The highest BCUT2D eigenvalue weighted by molar-refractivity contribution is 5.70. The van der Waals surface area contributed by atoms with Gasteiger partial charge in [0.05, 0.1) is 70.1 Å². The van der Waals surface area contributed by atoms with E-state index in [0.29, 0.717) is 32.0 Å². The molecule has 0 aromatic carbocycles. The first kappa shape index (κ1) is 45.9. The van der Waals surface area contributed by atoms with Crippen LogP contribution in [0.25, 0.3) is 0 Å². The number of allylic oxidation sites excluding steroid dienone is 3. The Bertz CT molecular complexity index is 1240. The van der Waals surface area contributed by atoms with Crippen LogP contribution >= 0.6 is 0 Å². The van der Waals surface area contributed by atoms with Crippen LogP contribution in [0.2, 0.25) is 0 Å². The normalized spacial score (nSPS) is 34.3. The molecule has 4 rings (SSSR count). The first-order valence-corrected chi connectivity index (χ1v) is 20.3. The van der Waals surface area contributed by atoms with Crippen LogP contribution in [0.4, 0.5) is 4.79 Å². The van der Waals surface area contributed by atoms with Crippen molar-refractivity contribution in [3.05, 3.63) is 36.0 Å². The van der Waals surface area contributed by atoms with Crippen LogP contribution in [0.3, 0.4) is 0 Å². The van der Waals surface area contributed by atoms with Crippen molar-refractivity contribution in [2.45, 2.75) is 160 Å². The van der Waals surface area contributed by atoms with Gasteiger partial charge in [0.2, 0.25) is 0 Å². The minimum absolute atomic E-state index is 0. The zero-order valence-electron chi connectivity index (χ0n) is 33.9. The van der Waals surface area contributed by atoms with Crippen molar-refractivity contribution < 1.29 is 67.2 Å². The van der Waals surface area contributed by atoms with E-state index in [2.05, 4.69) is 20.0 Å². The fraction of sp³-hybridized carbons (Fsp3) is 0.810. The largest absolute Gasteiger partial charge is 1.00 e. The maximum Gasteiger partial charge on any atom is 0.410 e. The molecule has 0 bridgehead atoms. The summed E-state index contributed by atoms with van der Waals surface area (Å²) >= 11 is 0. The minimum atomic E-state index is -0.918. The number of ether oxygens (including phenoxy) is 4. The molecule has 0 aromatic rings. The molecule has 2 N–H and O–H groups in total. The summed E-state index contributed by atoms with van der Waals surface area (Å²) in [5, 5.41) is 21.1.